The van der Waals surface area contributed by atoms with Crippen LogP contribution < -0.4 is 10.2 Å². The molecule has 1 aliphatic carbocycles. The Kier molecular flexibility index (Phi) is 3.53. The standard InChI is InChI=1S/C21H17FN2O/c1-24(2)18-12-15-7-6-13-4-3-5-17(19(13)15)20(18)23-21(25)14-8-10-16(22)11-9-14/h3-12H,1-2H3,(H,23,25). The van der Waals surface area contributed by atoms with Crippen molar-refractivity contribution in [1.82, 2.24) is 0 Å². The van der Waals surface area contributed by atoms with Crippen LogP contribution in [0.15, 0.2) is 48.5 Å². The van der Waals surface area contributed by atoms with Gasteiger partial charge in [0.2, 0.25) is 0 Å². The molecule has 3 aromatic rings. The third kappa shape index (κ3) is 2.56. The Morgan fingerprint density at radius 2 is 1.72 bits per heavy atom. The van der Waals surface area contributed by atoms with Crippen molar-refractivity contribution in [2.45, 2.75) is 0 Å². The fraction of sp³-hybridized carbons (Fsp3) is 0.0952. The molecule has 0 saturated carbocycles. The number of halogens is 1. The monoisotopic (exact) mass is 332 g/mol. The maximum absolute atomic E-state index is 13.1. The SMILES string of the molecule is CN(C)c1cc2c3c(cccc3c1NC(=O)c1ccc(F)cc1)C=C2. The van der Waals surface area contributed by atoms with E-state index in [-0.39, 0.29) is 11.7 Å². The quantitative estimate of drug-likeness (QED) is 0.585. The number of nitrogens with one attached hydrogen (secondary N) is 1. The summed E-state index contributed by atoms with van der Waals surface area (Å²) in [5.74, 6) is -0.614. The minimum atomic E-state index is -0.359. The first kappa shape index (κ1) is 15.4. The average Bonchev–Trinajstić information content (AvgIpc) is 3.02. The summed E-state index contributed by atoms with van der Waals surface area (Å²) < 4.78 is 13.1. The van der Waals surface area contributed by atoms with E-state index >= 15 is 0 Å². The van der Waals surface area contributed by atoms with E-state index in [9.17, 15) is 9.18 Å². The van der Waals surface area contributed by atoms with E-state index in [1.54, 1.807) is 0 Å². The molecule has 0 fully saturated rings. The lowest BCUT2D eigenvalue weighted by Crippen LogP contribution is -2.17. The zero-order valence-electron chi connectivity index (χ0n) is 14.0. The summed E-state index contributed by atoms with van der Waals surface area (Å²) in [7, 11) is 3.90. The first-order valence-corrected chi connectivity index (χ1v) is 8.06. The van der Waals surface area contributed by atoms with E-state index in [1.165, 1.54) is 24.3 Å². The molecule has 0 heterocycles. The molecule has 0 spiro atoms. The van der Waals surface area contributed by atoms with Crippen LogP contribution in [0.1, 0.15) is 21.5 Å². The second-order valence-corrected chi connectivity index (χ2v) is 6.32. The molecular formula is C21H17FN2O. The van der Waals surface area contributed by atoms with Crippen molar-refractivity contribution in [1.29, 1.82) is 0 Å². The van der Waals surface area contributed by atoms with Gasteiger partial charge in [-0.2, -0.15) is 0 Å². The molecule has 0 atom stereocenters. The molecule has 3 aromatic carbocycles. The Morgan fingerprint density at radius 3 is 2.44 bits per heavy atom. The molecule has 4 heteroatoms. The maximum atomic E-state index is 13.1. The molecule has 0 bridgehead atoms. The maximum Gasteiger partial charge on any atom is 0.255 e. The van der Waals surface area contributed by atoms with Crippen molar-refractivity contribution in [3.63, 3.8) is 0 Å². The molecule has 25 heavy (non-hydrogen) atoms. The number of hydrogen-bond acceptors (Lipinski definition) is 2. The third-order valence-corrected chi connectivity index (χ3v) is 4.47. The van der Waals surface area contributed by atoms with Crippen molar-refractivity contribution in [2.75, 3.05) is 24.3 Å². The van der Waals surface area contributed by atoms with Gasteiger partial charge in [-0.15, -0.1) is 0 Å². The molecule has 1 aliphatic rings. The summed E-state index contributed by atoms with van der Waals surface area (Å²) in [6.45, 7) is 0. The molecule has 3 nitrogen and oxygen atoms in total. The summed E-state index contributed by atoms with van der Waals surface area (Å²) in [5, 5.41) is 5.16. The molecule has 0 aromatic heterocycles. The Bertz CT molecular complexity index is 1020. The van der Waals surface area contributed by atoms with Crippen molar-refractivity contribution < 1.29 is 9.18 Å². The van der Waals surface area contributed by atoms with Crippen LogP contribution in [0.4, 0.5) is 15.8 Å². The van der Waals surface area contributed by atoms with Gasteiger partial charge in [0.05, 0.1) is 11.4 Å². The fourth-order valence-corrected chi connectivity index (χ4v) is 3.25. The van der Waals surface area contributed by atoms with Gasteiger partial charge in [-0.3, -0.25) is 4.79 Å². The number of hydrogen-bond donors (Lipinski definition) is 1. The number of carbonyl (C=O) groups is 1. The smallest absolute Gasteiger partial charge is 0.255 e. The molecule has 0 saturated heterocycles. The first-order valence-electron chi connectivity index (χ1n) is 8.06. The highest BCUT2D eigenvalue weighted by molar-refractivity contribution is 6.17. The lowest BCUT2D eigenvalue weighted by molar-refractivity contribution is 0.102. The highest BCUT2D eigenvalue weighted by Crippen LogP contribution is 2.41. The van der Waals surface area contributed by atoms with Crippen LogP contribution in [0, 0.1) is 5.82 Å². The van der Waals surface area contributed by atoms with Crippen molar-refractivity contribution >= 4 is 40.2 Å². The predicted molar refractivity (Wildman–Crippen MR) is 102 cm³/mol. The molecular weight excluding hydrogens is 315 g/mol. The normalized spacial score (nSPS) is 11.8. The third-order valence-electron chi connectivity index (χ3n) is 4.47. The number of nitrogens with zero attached hydrogens (tertiary/aromatic N) is 1. The van der Waals surface area contributed by atoms with Crippen LogP contribution in [0.3, 0.4) is 0 Å². The van der Waals surface area contributed by atoms with Crippen molar-refractivity contribution in [2.24, 2.45) is 0 Å². The molecule has 124 valence electrons. The van der Waals surface area contributed by atoms with Gasteiger partial charge in [-0.25, -0.2) is 4.39 Å². The van der Waals surface area contributed by atoms with Crippen LogP contribution >= 0.6 is 0 Å². The number of carbonyl (C=O) groups excluding carboxylic acids is 1. The average molecular weight is 332 g/mol. The van der Waals surface area contributed by atoms with E-state index in [1.807, 2.05) is 31.1 Å². The second kappa shape index (κ2) is 5.74. The molecule has 0 aliphatic heterocycles. The summed E-state index contributed by atoms with van der Waals surface area (Å²) in [6.07, 6.45) is 4.18. The van der Waals surface area contributed by atoms with Gasteiger partial charge in [0.15, 0.2) is 0 Å². The zero-order chi connectivity index (χ0) is 17.6. The number of anilines is 2. The Labute approximate surface area is 145 Å². The van der Waals surface area contributed by atoms with Crippen molar-refractivity contribution in [3.05, 3.63) is 71.0 Å². The Balaban J connectivity index is 1.85. The second-order valence-electron chi connectivity index (χ2n) is 6.32. The van der Waals surface area contributed by atoms with Gasteiger partial charge >= 0.3 is 0 Å². The van der Waals surface area contributed by atoms with Gasteiger partial charge in [-0.05, 0) is 46.8 Å². The summed E-state index contributed by atoms with van der Waals surface area (Å²) in [4.78, 5) is 14.6. The number of amides is 1. The highest BCUT2D eigenvalue weighted by Gasteiger charge is 2.19. The van der Waals surface area contributed by atoms with Crippen LogP contribution in [0.2, 0.25) is 0 Å². The molecule has 1 amide bonds. The summed E-state index contributed by atoms with van der Waals surface area (Å²) >= 11 is 0. The zero-order valence-corrected chi connectivity index (χ0v) is 14.0. The highest BCUT2D eigenvalue weighted by atomic mass is 19.1. The molecule has 4 rings (SSSR count). The van der Waals surface area contributed by atoms with E-state index < -0.39 is 0 Å². The number of rotatable bonds is 3. The topological polar surface area (TPSA) is 32.3 Å². The predicted octanol–water partition coefficient (Wildman–Crippen LogP) is 4.78. The molecule has 0 radical (unpaired) electrons. The molecule has 1 N–H and O–H groups in total. The summed E-state index contributed by atoms with van der Waals surface area (Å²) in [5.41, 5.74) is 4.42. The minimum Gasteiger partial charge on any atom is -0.376 e. The lowest BCUT2D eigenvalue weighted by Gasteiger charge is -2.21. The van der Waals surface area contributed by atoms with E-state index in [0.717, 1.165) is 33.3 Å². The van der Waals surface area contributed by atoms with Gasteiger partial charge in [0.1, 0.15) is 5.82 Å². The summed E-state index contributed by atoms with van der Waals surface area (Å²) in [6, 6.07) is 13.7. The van der Waals surface area contributed by atoms with Crippen LogP contribution in [-0.4, -0.2) is 20.0 Å². The lowest BCUT2D eigenvalue weighted by atomic mass is 10.0. The largest absolute Gasteiger partial charge is 0.376 e. The minimum absolute atomic E-state index is 0.255. The van der Waals surface area contributed by atoms with E-state index in [0.29, 0.717) is 5.56 Å². The van der Waals surface area contributed by atoms with Gasteiger partial charge < -0.3 is 10.2 Å². The molecule has 0 unspecified atom stereocenters. The van der Waals surface area contributed by atoms with E-state index in [2.05, 4.69) is 29.6 Å². The first-order chi connectivity index (χ1) is 12.0. The van der Waals surface area contributed by atoms with E-state index in [4.69, 9.17) is 0 Å². The van der Waals surface area contributed by atoms with Crippen LogP contribution in [0.25, 0.3) is 22.9 Å². The van der Waals surface area contributed by atoms with Crippen LogP contribution in [0.5, 0.6) is 0 Å². The fourth-order valence-electron chi connectivity index (χ4n) is 3.25. The van der Waals surface area contributed by atoms with Crippen molar-refractivity contribution in [3.8, 4) is 0 Å². The van der Waals surface area contributed by atoms with Gasteiger partial charge in [0, 0.05) is 25.0 Å². The Hall–Kier alpha value is -3.14. The number of benzene rings is 3. The Morgan fingerprint density at radius 1 is 1.00 bits per heavy atom. The van der Waals surface area contributed by atoms with Gasteiger partial charge in [0.25, 0.3) is 5.91 Å². The van der Waals surface area contributed by atoms with Crippen LogP contribution in [-0.2, 0) is 0 Å². The van der Waals surface area contributed by atoms with Gasteiger partial charge in [-0.1, -0.05) is 30.4 Å².